The number of hydrogen-bond donors (Lipinski definition) is 1. The third-order valence-corrected chi connectivity index (χ3v) is 2.82. The molecule has 0 aliphatic carbocycles. The summed E-state index contributed by atoms with van der Waals surface area (Å²) >= 11 is 0. The van der Waals surface area contributed by atoms with Crippen LogP contribution in [0.5, 0.6) is 5.75 Å². The maximum Gasteiger partial charge on any atom is 0.123 e. The topological polar surface area (TPSA) is 30.5 Å². The lowest BCUT2D eigenvalue weighted by atomic mass is 10.2. The first-order valence-corrected chi connectivity index (χ1v) is 5.81. The summed E-state index contributed by atoms with van der Waals surface area (Å²) in [6.07, 6.45) is 0.227. The van der Waals surface area contributed by atoms with Crippen molar-refractivity contribution in [3.8, 4) is 5.75 Å². The largest absolute Gasteiger partial charge is 0.488 e. The van der Waals surface area contributed by atoms with Gasteiger partial charge >= 0.3 is 0 Å². The smallest absolute Gasteiger partial charge is 0.123 e. The molecule has 2 atom stereocenters. The molecule has 3 nitrogen and oxygen atoms in total. The Morgan fingerprint density at radius 2 is 2.12 bits per heavy atom. The van der Waals surface area contributed by atoms with Crippen molar-refractivity contribution < 1.29 is 9.47 Å². The number of benzene rings is 1. The first kappa shape index (κ1) is 11.4. The zero-order valence-corrected chi connectivity index (χ0v) is 9.90. The van der Waals surface area contributed by atoms with Crippen LogP contribution in [0.1, 0.15) is 12.5 Å². The molecular weight excluding hydrogens is 202 g/mol. The van der Waals surface area contributed by atoms with Gasteiger partial charge in [0, 0.05) is 13.1 Å². The summed E-state index contributed by atoms with van der Waals surface area (Å²) in [5.41, 5.74) is 1.25. The summed E-state index contributed by atoms with van der Waals surface area (Å²) in [6, 6.07) is 8.12. The van der Waals surface area contributed by atoms with E-state index >= 15 is 0 Å². The van der Waals surface area contributed by atoms with E-state index in [1.54, 1.807) is 0 Å². The van der Waals surface area contributed by atoms with Crippen molar-refractivity contribution in [3.05, 3.63) is 29.8 Å². The fourth-order valence-electron chi connectivity index (χ4n) is 1.79. The van der Waals surface area contributed by atoms with Crippen LogP contribution in [0, 0.1) is 6.92 Å². The molecule has 2 unspecified atom stereocenters. The van der Waals surface area contributed by atoms with E-state index < -0.39 is 0 Å². The van der Waals surface area contributed by atoms with Crippen LogP contribution in [-0.2, 0) is 4.74 Å². The fraction of sp³-hybridized carbons (Fsp3) is 0.538. The molecule has 1 aromatic rings. The molecule has 88 valence electrons. The van der Waals surface area contributed by atoms with Crippen molar-refractivity contribution in [2.45, 2.75) is 26.1 Å². The van der Waals surface area contributed by atoms with Gasteiger partial charge in [0.05, 0.1) is 6.61 Å². The summed E-state index contributed by atoms with van der Waals surface area (Å²) < 4.78 is 11.5. The highest BCUT2D eigenvalue weighted by molar-refractivity contribution is 5.26. The Kier molecular flexibility index (Phi) is 3.80. The molecule has 1 heterocycles. The van der Waals surface area contributed by atoms with Crippen molar-refractivity contribution in [1.82, 2.24) is 5.32 Å². The minimum Gasteiger partial charge on any atom is -0.488 e. The van der Waals surface area contributed by atoms with Crippen LogP contribution >= 0.6 is 0 Å². The molecule has 0 bridgehead atoms. The molecule has 0 aromatic heterocycles. The summed E-state index contributed by atoms with van der Waals surface area (Å²) in [5.74, 6) is 0.910. The predicted molar refractivity (Wildman–Crippen MR) is 63.9 cm³/mol. The third-order valence-electron chi connectivity index (χ3n) is 2.82. The summed E-state index contributed by atoms with van der Waals surface area (Å²) in [5, 5.41) is 3.31. The zero-order chi connectivity index (χ0) is 11.4. The predicted octanol–water partition coefficient (Wildman–Crippen LogP) is 1.75. The standard InChI is InChI=1S/C13H19NO2/c1-10-3-5-12(6-4-10)16-11(2)13-9-14-7-8-15-13/h3-6,11,13-14H,7-9H2,1-2H3. The van der Waals surface area contributed by atoms with Gasteiger partial charge < -0.3 is 14.8 Å². The highest BCUT2D eigenvalue weighted by atomic mass is 16.5. The molecule has 0 radical (unpaired) electrons. The van der Waals surface area contributed by atoms with Gasteiger partial charge in [-0.3, -0.25) is 0 Å². The Morgan fingerprint density at radius 1 is 1.38 bits per heavy atom. The van der Waals surface area contributed by atoms with Crippen LogP contribution in [0.2, 0.25) is 0 Å². The number of nitrogens with one attached hydrogen (secondary N) is 1. The molecule has 2 rings (SSSR count). The minimum absolute atomic E-state index is 0.0792. The number of ether oxygens (including phenoxy) is 2. The molecule has 1 aromatic carbocycles. The molecule has 16 heavy (non-hydrogen) atoms. The summed E-state index contributed by atoms with van der Waals surface area (Å²) in [6.45, 7) is 6.70. The van der Waals surface area contributed by atoms with Crippen molar-refractivity contribution in [2.24, 2.45) is 0 Å². The Morgan fingerprint density at radius 3 is 2.75 bits per heavy atom. The first-order chi connectivity index (χ1) is 7.75. The van der Waals surface area contributed by atoms with Gasteiger partial charge in [0.2, 0.25) is 0 Å². The van der Waals surface area contributed by atoms with Gasteiger partial charge in [0.15, 0.2) is 0 Å². The second kappa shape index (κ2) is 5.32. The Bertz CT molecular complexity index is 317. The van der Waals surface area contributed by atoms with Crippen LogP contribution < -0.4 is 10.1 Å². The van der Waals surface area contributed by atoms with Crippen LogP contribution in [0.3, 0.4) is 0 Å². The molecule has 0 amide bonds. The van der Waals surface area contributed by atoms with Crippen molar-refractivity contribution >= 4 is 0 Å². The highest BCUT2D eigenvalue weighted by Crippen LogP contribution is 2.16. The molecule has 1 fully saturated rings. The van der Waals surface area contributed by atoms with Gasteiger partial charge in [-0.25, -0.2) is 0 Å². The normalized spacial score (nSPS) is 22.8. The number of aryl methyl sites for hydroxylation is 1. The number of hydrogen-bond acceptors (Lipinski definition) is 3. The minimum atomic E-state index is 0.0792. The fourth-order valence-corrected chi connectivity index (χ4v) is 1.79. The van der Waals surface area contributed by atoms with Crippen LogP contribution in [0.15, 0.2) is 24.3 Å². The maximum atomic E-state index is 5.84. The second-order valence-corrected chi connectivity index (χ2v) is 4.25. The van der Waals surface area contributed by atoms with Gasteiger partial charge in [0.25, 0.3) is 0 Å². The molecule has 1 aliphatic rings. The van der Waals surface area contributed by atoms with Gasteiger partial charge in [0.1, 0.15) is 18.0 Å². The van der Waals surface area contributed by atoms with Gasteiger partial charge in [-0.15, -0.1) is 0 Å². The SMILES string of the molecule is Cc1ccc(OC(C)C2CNCCO2)cc1. The summed E-state index contributed by atoms with van der Waals surface area (Å²) in [4.78, 5) is 0. The van der Waals surface area contributed by atoms with Crippen LogP contribution in [0.25, 0.3) is 0 Å². The van der Waals surface area contributed by atoms with E-state index in [1.165, 1.54) is 5.56 Å². The molecule has 1 saturated heterocycles. The van der Waals surface area contributed by atoms with E-state index in [2.05, 4.69) is 31.3 Å². The average Bonchev–Trinajstić information content (AvgIpc) is 2.33. The van der Waals surface area contributed by atoms with Crippen molar-refractivity contribution in [2.75, 3.05) is 19.7 Å². The average molecular weight is 221 g/mol. The van der Waals surface area contributed by atoms with E-state index in [0.717, 1.165) is 25.4 Å². The van der Waals surface area contributed by atoms with Crippen LogP contribution in [0.4, 0.5) is 0 Å². The molecule has 1 aliphatic heterocycles. The van der Waals surface area contributed by atoms with E-state index in [1.807, 2.05) is 12.1 Å². The van der Waals surface area contributed by atoms with Crippen molar-refractivity contribution in [3.63, 3.8) is 0 Å². The quantitative estimate of drug-likeness (QED) is 0.843. The lowest BCUT2D eigenvalue weighted by Crippen LogP contribution is -2.46. The third kappa shape index (κ3) is 2.97. The Hall–Kier alpha value is -1.06. The summed E-state index contributed by atoms with van der Waals surface area (Å²) in [7, 11) is 0. The van der Waals surface area contributed by atoms with E-state index in [9.17, 15) is 0 Å². The molecule has 0 spiro atoms. The molecule has 0 saturated carbocycles. The van der Waals surface area contributed by atoms with Crippen LogP contribution in [-0.4, -0.2) is 31.9 Å². The first-order valence-electron chi connectivity index (χ1n) is 5.81. The van der Waals surface area contributed by atoms with Gasteiger partial charge in [-0.2, -0.15) is 0 Å². The number of morpholine rings is 1. The second-order valence-electron chi connectivity index (χ2n) is 4.25. The van der Waals surface area contributed by atoms with Crippen molar-refractivity contribution in [1.29, 1.82) is 0 Å². The highest BCUT2D eigenvalue weighted by Gasteiger charge is 2.21. The van der Waals surface area contributed by atoms with E-state index in [-0.39, 0.29) is 12.2 Å². The molecule has 3 heteroatoms. The lowest BCUT2D eigenvalue weighted by molar-refractivity contribution is -0.0350. The van der Waals surface area contributed by atoms with Gasteiger partial charge in [-0.1, -0.05) is 17.7 Å². The monoisotopic (exact) mass is 221 g/mol. The van der Waals surface area contributed by atoms with E-state index in [0.29, 0.717) is 0 Å². The molecular formula is C13H19NO2. The number of rotatable bonds is 3. The zero-order valence-electron chi connectivity index (χ0n) is 9.90. The molecule has 1 N–H and O–H groups in total. The van der Waals surface area contributed by atoms with E-state index in [4.69, 9.17) is 9.47 Å². The maximum absolute atomic E-state index is 5.84. The Balaban J connectivity index is 1.90. The lowest BCUT2D eigenvalue weighted by Gasteiger charge is -2.29. The Labute approximate surface area is 96.8 Å². The van der Waals surface area contributed by atoms with Gasteiger partial charge in [-0.05, 0) is 26.0 Å².